The number of benzene rings is 3. The number of hydrogen-bond acceptors (Lipinski definition) is 3. The number of aromatic nitrogens is 3. The predicted octanol–water partition coefficient (Wildman–Crippen LogP) is 6.89. The number of imidazole rings is 1. The van der Waals surface area contributed by atoms with Gasteiger partial charge in [0.15, 0.2) is 0 Å². The highest BCUT2D eigenvalue weighted by atomic mass is 35.5. The molecule has 0 saturated carbocycles. The van der Waals surface area contributed by atoms with Gasteiger partial charge in [0, 0.05) is 23.0 Å². The van der Waals surface area contributed by atoms with Gasteiger partial charge in [0.25, 0.3) is 0 Å². The van der Waals surface area contributed by atoms with E-state index >= 15 is 0 Å². The van der Waals surface area contributed by atoms with E-state index in [9.17, 15) is 5.11 Å². The number of hydrogen-bond donors (Lipinski definition) is 1. The number of fused-ring (bicyclic) bond motifs is 1. The Hall–Kier alpha value is -3.18. The topological polar surface area (TPSA) is 50.9 Å². The first-order chi connectivity index (χ1) is 16.6. The molecule has 6 heteroatoms. The van der Waals surface area contributed by atoms with Gasteiger partial charge in [0.05, 0.1) is 30.3 Å². The minimum atomic E-state index is -0.0876. The first-order valence-corrected chi connectivity index (χ1v) is 11.8. The van der Waals surface area contributed by atoms with E-state index in [1.54, 1.807) is 6.33 Å². The number of aliphatic hydroxyl groups is 1. The SMILES string of the molecule is Cn1cncc1-c1c(Cl)nc2ccc(CO)c(-c3ccc(Cl)cc3)c2c1CCc1ccccc1. The zero-order valence-corrected chi connectivity index (χ0v) is 20.2. The maximum absolute atomic E-state index is 10.3. The molecule has 5 aromatic rings. The molecule has 0 aliphatic rings. The van der Waals surface area contributed by atoms with Gasteiger partial charge in [-0.05, 0) is 58.9 Å². The maximum Gasteiger partial charge on any atom is 0.139 e. The molecule has 0 saturated heterocycles. The van der Waals surface area contributed by atoms with Gasteiger partial charge in [-0.3, -0.25) is 0 Å². The van der Waals surface area contributed by atoms with Crippen LogP contribution in [0.5, 0.6) is 0 Å². The molecule has 4 nitrogen and oxygen atoms in total. The second-order valence-electron chi connectivity index (χ2n) is 8.29. The molecule has 2 heterocycles. The van der Waals surface area contributed by atoms with Crippen molar-refractivity contribution in [1.82, 2.24) is 14.5 Å². The average molecular weight is 488 g/mol. The molecule has 0 fully saturated rings. The summed E-state index contributed by atoms with van der Waals surface area (Å²) < 4.78 is 1.96. The smallest absolute Gasteiger partial charge is 0.139 e. The first kappa shape index (κ1) is 22.6. The summed E-state index contributed by atoms with van der Waals surface area (Å²) in [5.74, 6) is 0. The van der Waals surface area contributed by atoms with Crippen LogP contribution in [0.15, 0.2) is 79.3 Å². The van der Waals surface area contributed by atoms with E-state index in [0.29, 0.717) is 10.2 Å². The molecule has 2 aromatic heterocycles. The number of rotatable bonds is 6. The predicted molar refractivity (Wildman–Crippen MR) is 139 cm³/mol. The minimum Gasteiger partial charge on any atom is -0.392 e. The van der Waals surface area contributed by atoms with Crippen LogP contribution in [0, 0.1) is 0 Å². The molecular weight excluding hydrogens is 465 g/mol. The number of pyridine rings is 1. The van der Waals surface area contributed by atoms with Gasteiger partial charge in [0.2, 0.25) is 0 Å². The third kappa shape index (κ3) is 4.21. The lowest BCUT2D eigenvalue weighted by atomic mass is 9.88. The van der Waals surface area contributed by atoms with Crippen LogP contribution in [-0.4, -0.2) is 19.6 Å². The van der Waals surface area contributed by atoms with E-state index in [4.69, 9.17) is 28.2 Å². The van der Waals surface area contributed by atoms with Gasteiger partial charge >= 0.3 is 0 Å². The normalized spacial score (nSPS) is 11.3. The zero-order chi connectivity index (χ0) is 23.7. The Morgan fingerprint density at radius 1 is 0.882 bits per heavy atom. The molecule has 0 spiro atoms. The highest BCUT2D eigenvalue weighted by Crippen LogP contribution is 2.41. The van der Waals surface area contributed by atoms with E-state index in [0.717, 1.165) is 57.3 Å². The monoisotopic (exact) mass is 487 g/mol. The van der Waals surface area contributed by atoms with Crippen LogP contribution >= 0.6 is 23.2 Å². The van der Waals surface area contributed by atoms with Crippen LogP contribution in [0.1, 0.15) is 16.7 Å². The second-order valence-corrected chi connectivity index (χ2v) is 9.08. The molecule has 0 aliphatic heterocycles. The fourth-order valence-corrected chi connectivity index (χ4v) is 4.97. The molecule has 0 unspecified atom stereocenters. The van der Waals surface area contributed by atoms with Crippen molar-refractivity contribution in [3.63, 3.8) is 0 Å². The Bertz CT molecular complexity index is 1460. The van der Waals surface area contributed by atoms with Crippen molar-refractivity contribution in [1.29, 1.82) is 0 Å². The quantitative estimate of drug-likeness (QED) is 0.265. The lowest BCUT2D eigenvalue weighted by Crippen LogP contribution is -2.04. The van der Waals surface area contributed by atoms with Crippen molar-refractivity contribution >= 4 is 34.1 Å². The van der Waals surface area contributed by atoms with Crippen molar-refractivity contribution in [3.8, 4) is 22.4 Å². The summed E-state index contributed by atoms with van der Waals surface area (Å²) in [4.78, 5) is 9.11. The number of aliphatic hydroxyl groups excluding tert-OH is 1. The zero-order valence-electron chi connectivity index (χ0n) is 18.7. The fourth-order valence-electron chi connectivity index (χ4n) is 4.55. The number of nitrogens with zero attached hydrogens (tertiary/aromatic N) is 3. The van der Waals surface area contributed by atoms with Gasteiger partial charge in [0.1, 0.15) is 5.15 Å². The van der Waals surface area contributed by atoms with Crippen molar-refractivity contribution in [2.24, 2.45) is 7.05 Å². The molecule has 0 aliphatic carbocycles. The largest absolute Gasteiger partial charge is 0.392 e. The standard InChI is InChI=1S/C28H23Cl2N3O/c1-33-17-31-15-24(33)27-22(13-7-18-5-3-2-4-6-18)26-23(32-28(27)30)14-10-20(16-34)25(26)19-8-11-21(29)12-9-19/h2-6,8-12,14-15,17,34H,7,13,16H2,1H3. The minimum absolute atomic E-state index is 0.0876. The van der Waals surface area contributed by atoms with Crippen molar-refractivity contribution < 1.29 is 5.11 Å². The molecule has 0 atom stereocenters. The Labute approximate surface area is 208 Å². The highest BCUT2D eigenvalue weighted by Gasteiger charge is 2.22. The lowest BCUT2D eigenvalue weighted by molar-refractivity contribution is 0.282. The molecule has 3 aromatic carbocycles. The summed E-state index contributed by atoms with van der Waals surface area (Å²) in [6, 6.07) is 21.9. The average Bonchev–Trinajstić information content (AvgIpc) is 3.28. The first-order valence-electron chi connectivity index (χ1n) is 11.1. The third-order valence-corrected chi connectivity index (χ3v) is 6.71. The third-order valence-electron chi connectivity index (χ3n) is 6.18. The van der Waals surface area contributed by atoms with Gasteiger partial charge in [-0.25, -0.2) is 9.97 Å². The van der Waals surface area contributed by atoms with Crippen molar-refractivity contribution in [2.75, 3.05) is 0 Å². The van der Waals surface area contributed by atoms with Gasteiger partial charge in [-0.15, -0.1) is 0 Å². The molecule has 170 valence electrons. The molecule has 1 N–H and O–H groups in total. The van der Waals surface area contributed by atoms with Crippen LogP contribution in [0.3, 0.4) is 0 Å². The summed E-state index contributed by atoms with van der Waals surface area (Å²) >= 11 is 13.0. The Morgan fingerprint density at radius 3 is 2.32 bits per heavy atom. The summed E-state index contributed by atoms with van der Waals surface area (Å²) in [6.45, 7) is -0.0876. The number of aryl methyl sites for hydroxylation is 3. The maximum atomic E-state index is 10.3. The van der Waals surface area contributed by atoms with Crippen LogP contribution in [0.4, 0.5) is 0 Å². The molecule has 5 rings (SSSR count). The summed E-state index contributed by atoms with van der Waals surface area (Å²) in [7, 11) is 1.95. The Kier molecular flexibility index (Phi) is 6.38. The van der Waals surface area contributed by atoms with E-state index in [1.165, 1.54) is 5.56 Å². The van der Waals surface area contributed by atoms with Crippen LogP contribution < -0.4 is 0 Å². The van der Waals surface area contributed by atoms with E-state index in [-0.39, 0.29) is 6.61 Å². The van der Waals surface area contributed by atoms with Crippen LogP contribution in [0.25, 0.3) is 33.3 Å². The Morgan fingerprint density at radius 2 is 1.65 bits per heavy atom. The summed E-state index contributed by atoms with van der Waals surface area (Å²) in [5.41, 5.74) is 7.65. The molecule has 0 bridgehead atoms. The summed E-state index contributed by atoms with van der Waals surface area (Å²) in [5, 5.41) is 12.4. The van der Waals surface area contributed by atoms with E-state index in [2.05, 4.69) is 29.2 Å². The Balaban J connectivity index is 1.84. The van der Waals surface area contributed by atoms with E-state index < -0.39 is 0 Å². The molecular formula is C28H23Cl2N3O. The van der Waals surface area contributed by atoms with Gasteiger partial charge in [-0.2, -0.15) is 0 Å². The lowest BCUT2D eigenvalue weighted by Gasteiger charge is -2.20. The summed E-state index contributed by atoms with van der Waals surface area (Å²) in [6.07, 6.45) is 5.17. The molecule has 34 heavy (non-hydrogen) atoms. The molecule has 0 radical (unpaired) electrons. The fraction of sp³-hybridized carbons (Fsp3) is 0.143. The number of halogens is 2. The van der Waals surface area contributed by atoms with Gasteiger partial charge < -0.3 is 9.67 Å². The van der Waals surface area contributed by atoms with Crippen molar-refractivity contribution in [2.45, 2.75) is 19.4 Å². The second kappa shape index (κ2) is 9.59. The van der Waals surface area contributed by atoms with Crippen LogP contribution in [-0.2, 0) is 26.5 Å². The van der Waals surface area contributed by atoms with Gasteiger partial charge in [-0.1, -0.05) is 71.7 Å². The van der Waals surface area contributed by atoms with Crippen molar-refractivity contribution in [3.05, 3.63) is 106 Å². The van der Waals surface area contributed by atoms with E-state index in [1.807, 2.05) is 60.3 Å². The molecule has 0 amide bonds. The highest BCUT2D eigenvalue weighted by molar-refractivity contribution is 6.33. The van der Waals surface area contributed by atoms with Crippen LogP contribution in [0.2, 0.25) is 10.2 Å².